The minimum atomic E-state index is 0. The van der Waals surface area contributed by atoms with Crippen LogP contribution in [0.15, 0.2) is 5.16 Å². The van der Waals surface area contributed by atoms with E-state index in [9.17, 15) is 0 Å². The largest absolute Gasteiger partial charge is 0.411 e. The fourth-order valence-corrected chi connectivity index (χ4v) is 2.54. The van der Waals surface area contributed by atoms with Gasteiger partial charge in [0.2, 0.25) is 0 Å². The first-order valence-corrected chi connectivity index (χ1v) is 5.36. The van der Waals surface area contributed by atoms with Gasteiger partial charge in [0, 0.05) is 0 Å². The van der Waals surface area contributed by atoms with Crippen molar-refractivity contribution in [1.82, 2.24) is 4.90 Å². The Morgan fingerprint density at radius 3 is 2.50 bits per heavy atom. The van der Waals surface area contributed by atoms with Crippen molar-refractivity contribution < 1.29 is 5.21 Å². The predicted molar refractivity (Wildman–Crippen MR) is 59.5 cm³/mol. The highest BCUT2D eigenvalue weighted by Gasteiger charge is 2.28. The molecule has 1 aliphatic heterocycles. The molecule has 0 aromatic heterocycles. The molecule has 2 aliphatic rings. The first kappa shape index (κ1) is 11.8. The molecule has 0 radical (unpaired) electrons. The van der Waals surface area contributed by atoms with Gasteiger partial charge in [-0.3, -0.25) is 4.90 Å². The molecule has 0 aromatic carbocycles. The van der Waals surface area contributed by atoms with Crippen molar-refractivity contribution >= 4 is 18.1 Å². The summed E-state index contributed by atoms with van der Waals surface area (Å²) < 4.78 is 0. The summed E-state index contributed by atoms with van der Waals surface area (Å²) in [7, 11) is 0. The van der Waals surface area contributed by atoms with E-state index in [1.807, 2.05) is 0 Å². The first-order valence-electron chi connectivity index (χ1n) is 5.36. The number of halogens is 1. The van der Waals surface area contributed by atoms with Gasteiger partial charge in [0.25, 0.3) is 0 Å². The molecule has 82 valence electrons. The van der Waals surface area contributed by atoms with Crippen molar-refractivity contribution in [3.63, 3.8) is 0 Å². The fraction of sp³-hybridized carbons (Fsp3) is 0.900. The maximum Gasteiger partial charge on any atom is 0.0742 e. The van der Waals surface area contributed by atoms with Gasteiger partial charge < -0.3 is 5.21 Å². The summed E-state index contributed by atoms with van der Waals surface area (Å²) in [6.07, 6.45) is 7.31. The Hall–Kier alpha value is -0.280. The molecule has 1 saturated heterocycles. The zero-order chi connectivity index (χ0) is 9.10. The third-order valence-corrected chi connectivity index (χ3v) is 3.25. The molecule has 4 heteroatoms. The van der Waals surface area contributed by atoms with Crippen LogP contribution in [0.4, 0.5) is 0 Å². The quantitative estimate of drug-likeness (QED) is 0.542. The van der Waals surface area contributed by atoms with Crippen LogP contribution in [-0.4, -0.2) is 35.0 Å². The maximum atomic E-state index is 8.88. The molecular weight excluding hydrogens is 200 g/mol. The summed E-state index contributed by atoms with van der Waals surface area (Å²) in [5.41, 5.74) is 1.02. The van der Waals surface area contributed by atoms with Gasteiger partial charge in [-0.1, -0.05) is 11.6 Å². The number of nitrogens with zero attached hydrogens (tertiary/aromatic N) is 2. The third kappa shape index (κ3) is 2.39. The Balaban J connectivity index is 0.000000980. The molecule has 0 spiro atoms. The van der Waals surface area contributed by atoms with E-state index < -0.39 is 0 Å². The SMILES string of the molecule is Cl.O/N=C1\CCCCC1N1CCCC1. The van der Waals surface area contributed by atoms with Gasteiger partial charge in [-0.25, -0.2) is 0 Å². The minimum absolute atomic E-state index is 0. The third-order valence-electron chi connectivity index (χ3n) is 3.25. The number of hydrogen-bond donors (Lipinski definition) is 1. The van der Waals surface area contributed by atoms with E-state index in [-0.39, 0.29) is 12.4 Å². The summed E-state index contributed by atoms with van der Waals surface area (Å²) in [4.78, 5) is 2.48. The Morgan fingerprint density at radius 2 is 1.86 bits per heavy atom. The molecule has 1 heterocycles. The maximum absolute atomic E-state index is 8.88. The highest BCUT2D eigenvalue weighted by Crippen LogP contribution is 2.23. The highest BCUT2D eigenvalue weighted by molar-refractivity contribution is 5.89. The lowest BCUT2D eigenvalue weighted by molar-refractivity contribution is 0.253. The number of oxime groups is 1. The van der Waals surface area contributed by atoms with Crippen molar-refractivity contribution in [1.29, 1.82) is 0 Å². The minimum Gasteiger partial charge on any atom is -0.411 e. The zero-order valence-corrected chi connectivity index (χ0v) is 9.30. The molecule has 0 amide bonds. The van der Waals surface area contributed by atoms with Crippen LogP contribution in [0.25, 0.3) is 0 Å². The summed E-state index contributed by atoms with van der Waals surface area (Å²) in [5, 5.41) is 12.3. The molecule has 1 atom stereocenters. The Kier molecular flexibility index (Phi) is 4.69. The van der Waals surface area contributed by atoms with Gasteiger partial charge in [0.15, 0.2) is 0 Å². The van der Waals surface area contributed by atoms with Crippen LogP contribution in [0.5, 0.6) is 0 Å². The van der Waals surface area contributed by atoms with Gasteiger partial charge >= 0.3 is 0 Å². The Morgan fingerprint density at radius 1 is 1.14 bits per heavy atom. The molecule has 1 N–H and O–H groups in total. The summed E-state index contributed by atoms with van der Waals surface area (Å²) in [5.74, 6) is 0. The van der Waals surface area contributed by atoms with Crippen molar-refractivity contribution in [2.24, 2.45) is 5.16 Å². The monoisotopic (exact) mass is 218 g/mol. The Labute approximate surface area is 91.6 Å². The Bertz CT molecular complexity index is 202. The van der Waals surface area contributed by atoms with Gasteiger partial charge in [0.05, 0.1) is 11.8 Å². The number of rotatable bonds is 1. The molecular formula is C10H19ClN2O. The summed E-state index contributed by atoms with van der Waals surface area (Å²) >= 11 is 0. The van der Waals surface area contributed by atoms with Crippen LogP contribution in [0.1, 0.15) is 38.5 Å². The lowest BCUT2D eigenvalue weighted by atomic mass is 9.92. The van der Waals surface area contributed by atoms with Crippen LogP contribution in [-0.2, 0) is 0 Å². The molecule has 2 fully saturated rings. The van der Waals surface area contributed by atoms with Crippen molar-refractivity contribution in [2.45, 2.75) is 44.6 Å². The van der Waals surface area contributed by atoms with Crippen LogP contribution < -0.4 is 0 Å². The molecule has 1 saturated carbocycles. The van der Waals surface area contributed by atoms with Crippen LogP contribution in [0.2, 0.25) is 0 Å². The van der Waals surface area contributed by atoms with Crippen molar-refractivity contribution in [3.05, 3.63) is 0 Å². The molecule has 0 bridgehead atoms. The molecule has 0 aromatic rings. The summed E-state index contributed by atoms with van der Waals surface area (Å²) in [6, 6.07) is 0.459. The highest BCUT2D eigenvalue weighted by atomic mass is 35.5. The van der Waals surface area contributed by atoms with E-state index in [0.717, 1.165) is 12.1 Å². The van der Waals surface area contributed by atoms with E-state index in [0.29, 0.717) is 6.04 Å². The molecule has 3 nitrogen and oxygen atoms in total. The van der Waals surface area contributed by atoms with Gasteiger partial charge in [0.1, 0.15) is 0 Å². The second kappa shape index (κ2) is 5.56. The smallest absolute Gasteiger partial charge is 0.0742 e. The standard InChI is InChI=1S/C10H18N2O.ClH/c13-11-9-5-1-2-6-10(9)12-7-3-4-8-12;/h10,13H,1-8H2;1H/b11-9+;. The molecule has 1 aliphatic carbocycles. The van der Waals surface area contributed by atoms with Gasteiger partial charge in [-0.2, -0.15) is 0 Å². The van der Waals surface area contributed by atoms with E-state index in [2.05, 4.69) is 10.1 Å². The topological polar surface area (TPSA) is 35.8 Å². The molecule has 14 heavy (non-hydrogen) atoms. The van der Waals surface area contributed by atoms with Crippen molar-refractivity contribution in [3.8, 4) is 0 Å². The number of likely N-dealkylation sites (tertiary alicyclic amines) is 1. The normalized spacial score (nSPS) is 31.7. The van der Waals surface area contributed by atoms with Gasteiger partial charge in [-0.15, -0.1) is 12.4 Å². The lowest BCUT2D eigenvalue weighted by Crippen LogP contribution is -2.41. The van der Waals surface area contributed by atoms with Crippen molar-refractivity contribution in [2.75, 3.05) is 13.1 Å². The van der Waals surface area contributed by atoms with E-state index >= 15 is 0 Å². The molecule has 1 unspecified atom stereocenters. The van der Waals surface area contributed by atoms with Crippen LogP contribution in [0, 0.1) is 0 Å². The average molecular weight is 219 g/mol. The van der Waals surface area contributed by atoms with Crippen LogP contribution in [0.3, 0.4) is 0 Å². The fourth-order valence-electron chi connectivity index (χ4n) is 2.54. The van der Waals surface area contributed by atoms with Crippen LogP contribution >= 0.6 is 12.4 Å². The van der Waals surface area contributed by atoms with E-state index in [4.69, 9.17) is 5.21 Å². The average Bonchev–Trinajstić information content (AvgIpc) is 2.70. The van der Waals surface area contributed by atoms with E-state index in [1.54, 1.807) is 0 Å². The number of hydrogen-bond acceptors (Lipinski definition) is 3. The lowest BCUT2D eigenvalue weighted by Gasteiger charge is -2.31. The first-order chi connectivity index (χ1) is 6.42. The zero-order valence-electron chi connectivity index (χ0n) is 8.48. The second-order valence-corrected chi connectivity index (χ2v) is 4.10. The summed E-state index contributed by atoms with van der Waals surface area (Å²) in [6.45, 7) is 2.40. The second-order valence-electron chi connectivity index (χ2n) is 4.10. The predicted octanol–water partition coefficient (Wildman–Crippen LogP) is 2.28. The molecule has 2 rings (SSSR count). The van der Waals surface area contributed by atoms with E-state index in [1.165, 1.54) is 45.2 Å². The van der Waals surface area contributed by atoms with Gasteiger partial charge in [-0.05, 0) is 45.2 Å².